The fourth-order valence-corrected chi connectivity index (χ4v) is 1.63. The monoisotopic (exact) mass is 198 g/mol. The number of hydrogen-bond acceptors (Lipinski definition) is 4. The van der Waals surface area contributed by atoms with Gasteiger partial charge in [-0.05, 0) is 19.9 Å². The Morgan fingerprint density at radius 2 is 2.21 bits per heavy atom. The average molecular weight is 198 g/mol. The molecule has 0 bridgehead atoms. The highest BCUT2D eigenvalue weighted by Crippen LogP contribution is 2.06. The Bertz CT molecular complexity index is 239. The third-order valence-corrected chi connectivity index (χ3v) is 2.38. The van der Waals surface area contributed by atoms with Gasteiger partial charge in [-0.2, -0.15) is 0 Å². The molecule has 1 heterocycles. The fourth-order valence-electron chi connectivity index (χ4n) is 1.63. The van der Waals surface area contributed by atoms with Gasteiger partial charge in [-0.25, -0.2) is 0 Å². The lowest BCUT2D eigenvalue weighted by Gasteiger charge is -2.36. The van der Waals surface area contributed by atoms with Crippen LogP contribution in [0.3, 0.4) is 0 Å². The van der Waals surface area contributed by atoms with Gasteiger partial charge in [0.05, 0.1) is 6.67 Å². The summed E-state index contributed by atoms with van der Waals surface area (Å²) in [5, 5.41) is 19.7. The molecule has 0 aromatic heterocycles. The molecule has 0 aliphatic carbocycles. The second-order valence-electron chi connectivity index (χ2n) is 3.45. The number of rotatable bonds is 3. The van der Waals surface area contributed by atoms with Crippen molar-refractivity contribution >= 4 is 11.5 Å². The first-order chi connectivity index (χ1) is 6.72. The van der Waals surface area contributed by atoms with Crippen molar-refractivity contribution in [3.63, 3.8) is 0 Å². The van der Waals surface area contributed by atoms with Crippen LogP contribution >= 0.6 is 0 Å². The van der Waals surface area contributed by atoms with Crippen LogP contribution in [-0.2, 0) is 0 Å². The number of oxime groups is 1. The molecule has 1 rings (SSSR count). The predicted molar refractivity (Wildman–Crippen MR) is 56.1 cm³/mol. The van der Waals surface area contributed by atoms with Gasteiger partial charge in [-0.3, -0.25) is 10.3 Å². The molecule has 5 nitrogen and oxygen atoms in total. The molecule has 0 saturated carbocycles. The first-order valence-electron chi connectivity index (χ1n) is 5.00. The van der Waals surface area contributed by atoms with E-state index >= 15 is 0 Å². The first kappa shape index (κ1) is 11.0. The van der Waals surface area contributed by atoms with Crippen molar-refractivity contribution in [1.29, 1.82) is 5.41 Å². The van der Waals surface area contributed by atoms with E-state index in [9.17, 15) is 0 Å². The van der Waals surface area contributed by atoms with Gasteiger partial charge in [0.15, 0.2) is 0 Å². The Labute approximate surface area is 84.5 Å². The summed E-state index contributed by atoms with van der Waals surface area (Å²) in [5.74, 6) is 0.349. The van der Waals surface area contributed by atoms with Crippen LogP contribution in [0.2, 0.25) is 0 Å². The third kappa shape index (κ3) is 2.23. The summed E-state index contributed by atoms with van der Waals surface area (Å²) in [6.45, 7) is 7.22. The molecular weight excluding hydrogens is 180 g/mol. The SMILES string of the molecule is CCCN1CC(=NO)C(=N)N(CC)C1. The van der Waals surface area contributed by atoms with Crippen molar-refractivity contribution in [2.45, 2.75) is 20.3 Å². The van der Waals surface area contributed by atoms with E-state index in [0.29, 0.717) is 18.1 Å². The molecule has 80 valence electrons. The van der Waals surface area contributed by atoms with E-state index in [1.165, 1.54) is 0 Å². The second kappa shape index (κ2) is 4.95. The van der Waals surface area contributed by atoms with Crippen molar-refractivity contribution in [3.8, 4) is 0 Å². The lowest BCUT2D eigenvalue weighted by atomic mass is 10.2. The van der Waals surface area contributed by atoms with Crippen molar-refractivity contribution in [2.75, 3.05) is 26.3 Å². The molecule has 0 aromatic carbocycles. The molecule has 0 spiro atoms. The normalized spacial score (nSPS) is 22.0. The van der Waals surface area contributed by atoms with Gasteiger partial charge in [0.1, 0.15) is 11.5 Å². The van der Waals surface area contributed by atoms with Crippen LogP contribution in [-0.4, -0.2) is 52.9 Å². The van der Waals surface area contributed by atoms with Crippen LogP contribution in [0, 0.1) is 5.41 Å². The molecule has 0 atom stereocenters. The zero-order valence-electron chi connectivity index (χ0n) is 8.82. The standard InChI is InChI=1S/C9H18N4O/c1-3-5-12-6-8(11-14)9(10)13(4-2)7-12/h10,14H,3-7H2,1-2H3. The van der Waals surface area contributed by atoms with E-state index in [1.54, 1.807) is 0 Å². The summed E-state index contributed by atoms with van der Waals surface area (Å²) in [6, 6.07) is 0. The zero-order chi connectivity index (χ0) is 10.6. The van der Waals surface area contributed by atoms with Crippen LogP contribution in [0.4, 0.5) is 0 Å². The van der Waals surface area contributed by atoms with Crippen molar-refractivity contribution in [3.05, 3.63) is 0 Å². The highest BCUT2D eigenvalue weighted by Gasteiger charge is 2.25. The van der Waals surface area contributed by atoms with E-state index in [0.717, 1.165) is 26.2 Å². The van der Waals surface area contributed by atoms with Gasteiger partial charge in [0.2, 0.25) is 0 Å². The molecule has 0 aromatic rings. The van der Waals surface area contributed by atoms with Crippen LogP contribution in [0.25, 0.3) is 0 Å². The summed E-state index contributed by atoms with van der Waals surface area (Å²) < 4.78 is 0. The molecule has 0 unspecified atom stereocenters. The van der Waals surface area contributed by atoms with Crippen LogP contribution in [0.5, 0.6) is 0 Å². The summed E-state index contributed by atoms with van der Waals surface area (Å²) in [6.07, 6.45) is 1.07. The maximum atomic E-state index is 8.75. The van der Waals surface area contributed by atoms with E-state index < -0.39 is 0 Å². The number of amidine groups is 1. The highest BCUT2D eigenvalue weighted by molar-refractivity contribution is 6.41. The van der Waals surface area contributed by atoms with Gasteiger partial charge >= 0.3 is 0 Å². The zero-order valence-corrected chi connectivity index (χ0v) is 8.82. The molecule has 2 N–H and O–H groups in total. The molecule has 0 amide bonds. The maximum absolute atomic E-state index is 8.75. The molecule has 1 fully saturated rings. The molecule has 0 radical (unpaired) electrons. The quantitative estimate of drug-likeness (QED) is 0.521. The molecule has 14 heavy (non-hydrogen) atoms. The molecule has 1 aliphatic rings. The minimum atomic E-state index is 0.349. The van der Waals surface area contributed by atoms with Gasteiger partial charge in [0.25, 0.3) is 0 Å². The summed E-state index contributed by atoms with van der Waals surface area (Å²) >= 11 is 0. The van der Waals surface area contributed by atoms with Crippen molar-refractivity contribution in [1.82, 2.24) is 9.80 Å². The smallest absolute Gasteiger partial charge is 0.148 e. The third-order valence-electron chi connectivity index (χ3n) is 2.38. The Morgan fingerprint density at radius 3 is 2.71 bits per heavy atom. The van der Waals surface area contributed by atoms with E-state index in [2.05, 4.69) is 17.0 Å². The summed E-state index contributed by atoms with van der Waals surface area (Å²) in [7, 11) is 0. The Morgan fingerprint density at radius 1 is 1.50 bits per heavy atom. The minimum absolute atomic E-state index is 0.349. The number of nitrogens with zero attached hydrogens (tertiary/aromatic N) is 3. The van der Waals surface area contributed by atoms with Crippen molar-refractivity contribution < 1.29 is 5.21 Å². The molecular formula is C9H18N4O. The van der Waals surface area contributed by atoms with Gasteiger partial charge in [-0.15, -0.1) is 0 Å². The average Bonchev–Trinajstić information content (AvgIpc) is 2.20. The van der Waals surface area contributed by atoms with Gasteiger partial charge in [0, 0.05) is 13.1 Å². The van der Waals surface area contributed by atoms with E-state index in [4.69, 9.17) is 10.6 Å². The van der Waals surface area contributed by atoms with Crippen molar-refractivity contribution in [2.24, 2.45) is 5.16 Å². The molecule has 1 aliphatic heterocycles. The predicted octanol–water partition coefficient (Wildman–Crippen LogP) is 0.799. The van der Waals surface area contributed by atoms with Crippen LogP contribution in [0.15, 0.2) is 5.16 Å². The second-order valence-corrected chi connectivity index (χ2v) is 3.45. The van der Waals surface area contributed by atoms with Crippen LogP contribution < -0.4 is 0 Å². The van der Waals surface area contributed by atoms with Gasteiger partial charge < -0.3 is 10.1 Å². The number of nitrogens with one attached hydrogen (secondary N) is 1. The Balaban J connectivity index is 2.68. The minimum Gasteiger partial charge on any atom is -0.410 e. The highest BCUT2D eigenvalue weighted by atomic mass is 16.4. The Kier molecular flexibility index (Phi) is 3.88. The fraction of sp³-hybridized carbons (Fsp3) is 0.778. The molecule has 5 heteroatoms. The summed E-state index contributed by atoms with van der Waals surface area (Å²) in [4.78, 5) is 4.07. The van der Waals surface area contributed by atoms with E-state index in [-0.39, 0.29) is 0 Å². The lowest BCUT2D eigenvalue weighted by molar-refractivity contribution is 0.198. The summed E-state index contributed by atoms with van der Waals surface area (Å²) in [5.41, 5.74) is 0.464. The first-order valence-corrected chi connectivity index (χ1v) is 5.00. The Hall–Kier alpha value is -1.10. The topological polar surface area (TPSA) is 62.9 Å². The number of hydrogen-bond donors (Lipinski definition) is 2. The van der Waals surface area contributed by atoms with Crippen LogP contribution in [0.1, 0.15) is 20.3 Å². The van der Waals surface area contributed by atoms with E-state index in [1.807, 2.05) is 11.8 Å². The van der Waals surface area contributed by atoms with Gasteiger partial charge in [-0.1, -0.05) is 12.1 Å². The lowest BCUT2D eigenvalue weighted by Crippen LogP contribution is -2.53. The largest absolute Gasteiger partial charge is 0.410 e. The molecule has 1 saturated heterocycles. The maximum Gasteiger partial charge on any atom is 0.148 e.